The third kappa shape index (κ3) is 3.03. The second-order valence-corrected chi connectivity index (χ2v) is 2.82. The van der Waals surface area contributed by atoms with Crippen LogP contribution in [-0.2, 0) is 0 Å². The standard InChI is InChI=1S/C9H11ClN2/c10-8-4-5-9(12-7-8)3-1-2-6-11/h1,3-5,7H,2,6,11H2. The van der Waals surface area contributed by atoms with Crippen LogP contribution in [0.3, 0.4) is 0 Å². The number of aromatic nitrogens is 1. The molecule has 0 aliphatic carbocycles. The Bertz CT molecular complexity index is 254. The predicted molar refractivity (Wildman–Crippen MR) is 52.0 cm³/mol. The third-order valence-electron chi connectivity index (χ3n) is 1.37. The Labute approximate surface area is 77.1 Å². The topological polar surface area (TPSA) is 38.9 Å². The lowest BCUT2D eigenvalue weighted by molar-refractivity contribution is 1.01. The van der Waals surface area contributed by atoms with Crippen molar-refractivity contribution < 1.29 is 0 Å². The Balaban J connectivity index is 2.58. The van der Waals surface area contributed by atoms with Crippen LogP contribution < -0.4 is 5.73 Å². The maximum Gasteiger partial charge on any atom is 0.0627 e. The SMILES string of the molecule is NCCC=Cc1ccc(Cl)cn1. The van der Waals surface area contributed by atoms with E-state index < -0.39 is 0 Å². The number of nitrogens with two attached hydrogens (primary N) is 1. The molecule has 0 amide bonds. The van der Waals surface area contributed by atoms with E-state index in [2.05, 4.69) is 4.98 Å². The van der Waals surface area contributed by atoms with Crippen LogP contribution in [-0.4, -0.2) is 11.5 Å². The Morgan fingerprint density at radius 3 is 2.92 bits per heavy atom. The van der Waals surface area contributed by atoms with Gasteiger partial charge in [0.05, 0.1) is 10.7 Å². The summed E-state index contributed by atoms with van der Waals surface area (Å²) >= 11 is 5.67. The van der Waals surface area contributed by atoms with Crippen LogP contribution in [0.5, 0.6) is 0 Å². The fourth-order valence-electron chi connectivity index (χ4n) is 0.786. The number of hydrogen-bond acceptors (Lipinski definition) is 2. The molecule has 2 N–H and O–H groups in total. The fourth-order valence-corrected chi connectivity index (χ4v) is 0.898. The molecule has 1 aromatic rings. The summed E-state index contributed by atoms with van der Waals surface area (Å²) < 4.78 is 0. The first kappa shape index (κ1) is 9.23. The highest BCUT2D eigenvalue weighted by molar-refractivity contribution is 6.30. The highest BCUT2D eigenvalue weighted by Crippen LogP contribution is 2.07. The van der Waals surface area contributed by atoms with Crippen molar-refractivity contribution in [2.24, 2.45) is 5.73 Å². The first-order valence-corrected chi connectivity index (χ1v) is 4.19. The molecule has 0 unspecified atom stereocenters. The monoisotopic (exact) mass is 182 g/mol. The highest BCUT2D eigenvalue weighted by Gasteiger charge is 1.87. The van der Waals surface area contributed by atoms with Crippen LogP contribution in [0, 0.1) is 0 Å². The number of rotatable bonds is 3. The zero-order valence-corrected chi connectivity index (χ0v) is 7.46. The molecule has 0 bridgehead atoms. The molecule has 0 saturated carbocycles. The molecule has 0 saturated heterocycles. The van der Waals surface area contributed by atoms with Crippen molar-refractivity contribution in [2.45, 2.75) is 6.42 Å². The van der Waals surface area contributed by atoms with Crippen molar-refractivity contribution in [3.8, 4) is 0 Å². The summed E-state index contributed by atoms with van der Waals surface area (Å²) in [6, 6.07) is 3.69. The number of hydrogen-bond donors (Lipinski definition) is 1. The van der Waals surface area contributed by atoms with Gasteiger partial charge in [0.1, 0.15) is 0 Å². The Morgan fingerprint density at radius 1 is 1.50 bits per heavy atom. The van der Waals surface area contributed by atoms with Crippen molar-refractivity contribution in [3.05, 3.63) is 35.1 Å². The summed E-state index contributed by atoms with van der Waals surface area (Å²) in [4.78, 5) is 4.09. The van der Waals surface area contributed by atoms with Crippen molar-refractivity contribution >= 4 is 17.7 Å². The highest BCUT2D eigenvalue weighted by atomic mass is 35.5. The van der Waals surface area contributed by atoms with Gasteiger partial charge in [-0.3, -0.25) is 4.98 Å². The summed E-state index contributed by atoms with van der Waals surface area (Å²) in [6.45, 7) is 0.671. The maximum absolute atomic E-state index is 5.67. The molecule has 0 spiro atoms. The van der Waals surface area contributed by atoms with Gasteiger partial charge in [0.25, 0.3) is 0 Å². The zero-order valence-electron chi connectivity index (χ0n) is 6.70. The van der Waals surface area contributed by atoms with Gasteiger partial charge in [0.2, 0.25) is 0 Å². The summed E-state index contributed by atoms with van der Waals surface area (Å²) in [7, 11) is 0. The molecule has 0 fully saturated rings. The van der Waals surface area contributed by atoms with E-state index in [-0.39, 0.29) is 0 Å². The van der Waals surface area contributed by atoms with Crippen LogP contribution >= 0.6 is 11.6 Å². The Morgan fingerprint density at radius 2 is 2.33 bits per heavy atom. The van der Waals surface area contributed by atoms with Crippen LogP contribution in [0.25, 0.3) is 6.08 Å². The van der Waals surface area contributed by atoms with Crippen LogP contribution in [0.1, 0.15) is 12.1 Å². The second kappa shape index (κ2) is 4.91. The minimum Gasteiger partial charge on any atom is -0.330 e. The fraction of sp³-hybridized carbons (Fsp3) is 0.222. The molecular formula is C9H11ClN2. The van der Waals surface area contributed by atoms with E-state index in [1.807, 2.05) is 24.3 Å². The van der Waals surface area contributed by atoms with Gasteiger partial charge < -0.3 is 5.73 Å². The van der Waals surface area contributed by atoms with E-state index in [1.54, 1.807) is 6.20 Å². The van der Waals surface area contributed by atoms with Gasteiger partial charge in [0, 0.05) is 6.20 Å². The normalized spacial score (nSPS) is 10.8. The van der Waals surface area contributed by atoms with Gasteiger partial charge in [-0.25, -0.2) is 0 Å². The molecule has 0 aliphatic rings. The summed E-state index contributed by atoms with van der Waals surface area (Å²) in [5.41, 5.74) is 6.23. The van der Waals surface area contributed by atoms with Crippen LogP contribution in [0.2, 0.25) is 5.02 Å². The molecular weight excluding hydrogens is 172 g/mol. The molecule has 0 atom stereocenters. The third-order valence-corrected chi connectivity index (χ3v) is 1.60. The average molecular weight is 183 g/mol. The lowest BCUT2D eigenvalue weighted by atomic mass is 10.3. The van der Waals surface area contributed by atoms with Crippen LogP contribution in [0.4, 0.5) is 0 Å². The number of halogens is 1. The van der Waals surface area contributed by atoms with Gasteiger partial charge in [-0.1, -0.05) is 17.7 Å². The predicted octanol–water partition coefficient (Wildman–Crippen LogP) is 2.10. The molecule has 1 heterocycles. The first-order chi connectivity index (χ1) is 5.83. The summed E-state index contributed by atoms with van der Waals surface area (Å²) in [5, 5.41) is 0.658. The van der Waals surface area contributed by atoms with Gasteiger partial charge >= 0.3 is 0 Å². The average Bonchev–Trinajstić information content (AvgIpc) is 2.09. The molecule has 12 heavy (non-hydrogen) atoms. The molecule has 1 rings (SSSR count). The van der Waals surface area contributed by atoms with E-state index in [4.69, 9.17) is 17.3 Å². The van der Waals surface area contributed by atoms with Gasteiger partial charge in [0.15, 0.2) is 0 Å². The molecule has 3 heteroatoms. The maximum atomic E-state index is 5.67. The van der Waals surface area contributed by atoms with Gasteiger partial charge in [-0.2, -0.15) is 0 Å². The molecule has 0 aromatic carbocycles. The quantitative estimate of drug-likeness (QED) is 0.778. The Hall–Kier alpha value is -0.860. The van der Waals surface area contributed by atoms with E-state index in [0.717, 1.165) is 12.1 Å². The van der Waals surface area contributed by atoms with Crippen molar-refractivity contribution in [2.75, 3.05) is 6.54 Å². The lowest BCUT2D eigenvalue weighted by Gasteiger charge is -1.91. The minimum atomic E-state index is 0.658. The van der Waals surface area contributed by atoms with E-state index >= 15 is 0 Å². The van der Waals surface area contributed by atoms with E-state index in [1.165, 1.54) is 0 Å². The first-order valence-electron chi connectivity index (χ1n) is 3.81. The summed E-state index contributed by atoms with van der Waals surface area (Å²) in [6.07, 6.45) is 6.44. The molecule has 1 aromatic heterocycles. The molecule has 0 radical (unpaired) electrons. The molecule has 2 nitrogen and oxygen atoms in total. The Kier molecular flexibility index (Phi) is 3.77. The van der Waals surface area contributed by atoms with E-state index in [0.29, 0.717) is 11.6 Å². The van der Waals surface area contributed by atoms with Crippen molar-refractivity contribution in [1.29, 1.82) is 0 Å². The zero-order chi connectivity index (χ0) is 8.81. The molecule has 64 valence electrons. The van der Waals surface area contributed by atoms with Crippen molar-refractivity contribution in [3.63, 3.8) is 0 Å². The second-order valence-electron chi connectivity index (χ2n) is 2.38. The van der Waals surface area contributed by atoms with Gasteiger partial charge in [-0.05, 0) is 31.2 Å². The van der Waals surface area contributed by atoms with Crippen LogP contribution in [0.15, 0.2) is 24.4 Å². The lowest BCUT2D eigenvalue weighted by Crippen LogP contribution is -1.95. The summed E-state index contributed by atoms with van der Waals surface area (Å²) in [5.74, 6) is 0. The van der Waals surface area contributed by atoms with Crippen molar-refractivity contribution in [1.82, 2.24) is 4.98 Å². The van der Waals surface area contributed by atoms with E-state index in [9.17, 15) is 0 Å². The number of nitrogens with zero attached hydrogens (tertiary/aromatic N) is 1. The smallest absolute Gasteiger partial charge is 0.0627 e. The minimum absolute atomic E-state index is 0.658. The largest absolute Gasteiger partial charge is 0.330 e. The van der Waals surface area contributed by atoms with Gasteiger partial charge in [-0.15, -0.1) is 0 Å². The number of pyridine rings is 1. The molecule has 0 aliphatic heterocycles.